The van der Waals surface area contributed by atoms with Crippen LogP contribution in [0.1, 0.15) is 29.8 Å². The van der Waals surface area contributed by atoms with E-state index in [1.165, 1.54) is 23.9 Å². The third-order valence-electron chi connectivity index (χ3n) is 2.95. The minimum Gasteiger partial charge on any atom is -0.480 e. The van der Waals surface area contributed by atoms with Crippen LogP contribution in [-0.2, 0) is 10.5 Å². The molecule has 5 N–H and O–H groups in total. The van der Waals surface area contributed by atoms with Crippen molar-refractivity contribution < 1.29 is 19.1 Å². The Kier molecular flexibility index (Phi) is 5.13. The van der Waals surface area contributed by atoms with E-state index in [4.69, 9.17) is 16.6 Å². The molecule has 0 saturated carbocycles. The highest BCUT2D eigenvalue weighted by Gasteiger charge is 2.32. The van der Waals surface area contributed by atoms with E-state index in [2.05, 4.69) is 0 Å². The summed E-state index contributed by atoms with van der Waals surface area (Å²) < 4.78 is 13.0. The Bertz CT molecular complexity index is 534. The lowest BCUT2D eigenvalue weighted by Gasteiger charge is -2.28. The fourth-order valence-corrected chi connectivity index (χ4v) is 2.51. The number of rotatable bonds is 6. The van der Waals surface area contributed by atoms with Gasteiger partial charge in [-0.3, -0.25) is 9.59 Å². The number of carbonyl (C=O) groups is 2. The predicted molar refractivity (Wildman–Crippen MR) is 75.9 cm³/mol. The summed E-state index contributed by atoms with van der Waals surface area (Å²) in [5.74, 6) is -2.10. The summed E-state index contributed by atoms with van der Waals surface area (Å²) in [5.41, 5.74) is 11.1. The Morgan fingerprint density at radius 3 is 2.50 bits per heavy atom. The first kappa shape index (κ1) is 16.5. The first-order valence-electron chi connectivity index (χ1n) is 5.85. The van der Waals surface area contributed by atoms with Gasteiger partial charge >= 0.3 is 5.97 Å². The zero-order valence-electron chi connectivity index (χ0n) is 11.2. The molecule has 7 heteroatoms. The molecule has 5 nitrogen and oxygen atoms in total. The fourth-order valence-electron chi connectivity index (χ4n) is 1.47. The highest BCUT2D eigenvalue weighted by Crippen LogP contribution is 2.31. The van der Waals surface area contributed by atoms with E-state index in [1.54, 1.807) is 13.8 Å². The van der Waals surface area contributed by atoms with E-state index in [9.17, 15) is 14.0 Å². The molecule has 0 spiro atoms. The Labute approximate surface area is 120 Å². The second-order valence-electron chi connectivity index (χ2n) is 4.88. The maximum Gasteiger partial charge on any atom is 0.321 e. The van der Waals surface area contributed by atoms with Gasteiger partial charge in [0.1, 0.15) is 11.9 Å². The van der Waals surface area contributed by atoms with Crippen LogP contribution in [0.15, 0.2) is 18.2 Å². The average Bonchev–Trinajstić information content (AvgIpc) is 2.35. The van der Waals surface area contributed by atoms with Crippen LogP contribution >= 0.6 is 11.8 Å². The van der Waals surface area contributed by atoms with Crippen LogP contribution in [0.25, 0.3) is 0 Å². The molecule has 0 aliphatic carbocycles. The Morgan fingerprint density at radius 2 is 2.05 bits per heavy atom. The number of hydrogen-bond acceptors (Lipinski definition) is 4. The standard InChI is InChI=1S/C13H17FN2O3S/c1-13(2,10(15)12(18)19)20-6-8-4-3-7(11(16)17)5-9(8)14/h3-5,10H,6,15H2,1-2H3,(H2,16,17)(H,18,19)/t10-/m0/s1. The topological polar surface area (TPSA) is 106 Å². The summed E-state index contributed by atoms with van der Waals surface area (Å²) in [7, 11) is 0. The minimum atomic E-state index is -1.10. The van der Waals surface area contributed by atoms with Crippen molar-refractivity contribution >= 4 is 23.6 Å². The summed E-state index contributed by atoms with van der Waals surface area (Å²) >= 11 is 1.23. The number of thioether (sulfide) groups is 1. The van der Waals surface area contributed by atoms with E-state index < -0.39 is 28.5 Å². The number of primary amides is 1. The van der Waals surface area contributed by atoms with Gasteiger partial charge in [0.25, 0.3) is 0 Å². The van der Waals surface area contributed by atoms with Crippen LogP contribution in [0.5, 0.6) is 0 Å². The van der Waals surface area contributed by atoms with Crippen LogP contribution < -0.4 is 11.5 Å². The van der Waals surface area contributed by atoms with E-state index in [0.717, 1.165) is 6.07 Å². The van der Waals surface area contributed by atoms with Gasteiger partial charge in [-0.2, -0.15) is 0 Å². The summed E-state index contributed by atoms with van der Waals surface area (Å²) in [5, 5.41) is 8.90. The largest absolute Gasteiger partial charge is 0.480 e. The van der Waals surface area contributed by atoms with E-state index in [0.29, 0.717) is 5.56 Å². The zero-order chi connectivity index (χ0) is 15.5. The van der Waals surface area contributed by atoms with Crippen molar-refractivity contribution in [3.8, 4) is 0 Å². The summed E-state index contributed by atoms with van der Waals surface area (Å²) in [6, 6.07) is 2.92. The minimum absolute atomic E-state index is 0.0951. The van der Waals surface area contributed by atoms with Crippen molar-refractivity contribution in [3.05, 3.63) is 35.1 Å². The smallest absolute Gasteiger partial charge is 0.321 e. The molecule has 20 heavy (non-hydrogen) atoms. The lowest BCUT2D eigenvalue weighted by Crippen LogP contribution is -2.46. The first-order chi connectivity index (χ1) is 9.15. The van der Waals surface area contributed by atoms with E-state index in [-0.39, 0.29) is 11.3 Å². The molecular weight excluding hydrogens is 283 g/mol. The number of nitrogens with two attached hydrogens (primary N) is 2. The van der Waals surface area contributed by atoms with Gasteiger partial charge in [-0.25, -0.2) is 4.39 Å². The van der Waals surface area contributed by atoms with Crippen molar-refractivity contribution in [1.82, 2.24) is 0 Å². The van der Waals surface area contributed by atoms with E-state index >= 15 is 0 Å². The van der Waals surface area contributed by atoms with Crippen molar-refractivity contribution in [2.24, 2.45) is 11.5 Å². The number of halogens is 1. The van der Waals surface area contributed by atoms with Gasteiger partial charge in [-0.05, 0) is 31.5 Å². The van der Waals surface area contributed by atoms with Crippen molar-refractivity contribution in [2.75, 3.05) is 0 Å². The van der Waals surface area contributed by atoms with Gasteiger partial charge in [0.15, 0.2) is 0 Å². The molecule has 0 bridgehead atoms. The molecule has 1 aromatic carbocycles. The van der Waals surface area contributed by atoms with Crippen LogP contribution in [0.3, 0.4) is 0 Å². The van der Waals surface area contributed by atoms with Gasteiger partial charge in [-0.15, -0.1) is 11.8 Å². The second kappa shape index (κ2) is 6.23. The number of aliphatic carboxylic acids is 1. The van der Waals surface area contributed by atoms with Gasteiger partial charge in [0.2, 0.25) is 5.91 Å². The maximum absolute atomic E-state index is 13.8. The molecular formula is C13H17FN2O3S. The third-order valence-corrected chi connectivity index (χ3v) is 4.41. The van der Waals surface area contributed by atoms with Gasteiger partial charge in [0, 0.05) is 16.1 Å². The molecule has 0 fully saturated rings. The number of benzene rings is 1. The predicted octanol–water partition coefficient (Wildman–Crippen LogP) is 1.35. The second-order valence-corrected chi connectivity index (χ2v) is 6.51. The maximum atomic E-state index is 13.8. The number of carboxylic acids is 1. The molecule has 0 aromatic heterocycles. The molecule has 0 aliphatic heterocycles. The van der Waals surface area contributed by atoms with Gasteiger partial charge < -0.3 is 16.6 Å². The lowest BCUT2D eigenvalue weighted by molar-refractivity contribution is -0.139. The molecule has 0 saturated heterocycles. The van der Waals surface area contributed by atoms with Crippen LogP contribution in [0.2, 0.25) is 0 Å². The highest BCUT2D eigenvalue weighted by molar-refractivity contribution is 7.99. The molecule has 0 unspecified atom stereocenters. The summed E-state index contributed by atoms with van der Waals surface area (Å²) in [6.45, 7) is 3.37. The summed E-state index contributed by atoms with van der Waals surface area (Å²) in [4.78, 5) is 21.8. The van der Waals surface area contributed by atoms with Crippen LogP contribution in [0, 0.1) is 5.82 Å². The Morgan fingerprint density at radius 1 is 1.45 bits per heavy atom. The van der Waals surface area contributed by atoms with Crippen molar-refractivity contribution in [3.63, 3.8) is 0 Å². The normalized spacial score (nSPS) is 13.0. The lowest BCUT2D eigenvalue weighted by atomic mass is 10.1. The highest BCUT2D eigenvalue weighted by atomic mass is 32.2. The zero-order valence-corrected chi connectivity index (χ0v) is 12.0. The monoisotopic (exact) mass is 300 g/mol. The van der Waals surface area contributed by atoms with Gasteiger partial charge in [0.05, 0.1) is 0 Å². The van der Waals surface area contributed by atoms with Crippen molar-refractivity contribution in [2.45, 2.75) is 30.4 Å². The molecule has 110 valence electrons. The fraction of sp³-hybridized carbons (Fsp3) is 0.385. The van der Waals surface area contributed by atoms with Crippen LogP contribution in [0.4, 0.5) is 4.39 Å². The first-order valence-corrected chi connectivity index (χ1v) is 6.84. The van der Waals surface area contributed by atoms with Gasteiger partial charge in [-0.1, -0.05) is 6.07 Å². The SMILES string of the molecule is CC(C)(SCc1ccc(C(N)=O)cc1F)[C@@H](N)C(=O)O. The molecule has 0 heterocycles. The molecule has 1 amide bonds. The molecule has 0 radical (unpaired) electrons. The molecule has 1 atom stereocenters. The summed E-state index contributed by atoms with van der Waals surface area (Å²) in [6.07, 6.45) is 0. The van der Waals surface area contributed by atoms with Crippen molar-refractivity contribution in [1.29, 1.82) is 0 Å². The van der Waals surface area contributed by atoms with Crippen LogP contribution in [-0.4, -0.2) is 27.8 Å². The number of amides is 1. The Balaban J connectivity index is 2.80. The number of hydrogen-bond donors (Lipinski definition) is 3. The van der Waals surface area contributed by atoms with E-state index in [1.807, 2.05) is 0 Å². The number of carbonyl (C=O) groups excluding carboxylic acids is 1. The quantitative estimate of drug-likeness (QED) is 0.735. The number of carboxylic acid groups (broad SMARTS) is 1. The molecule has 1 rings (SSSR count). The average molecular weight is 300 g/mol. The molecule has 0 aliphatic rings. The Hall–Kier alpha value is -1.60. The molecule has 1 aromatic rings. The third kappa shape index (κ3) is 3.94.